The van der Waals surface area contributed by atoms with Crippen molar-refractivity contribution < 1.29 is 27.1 Å². The van der Waals surface area contributed by atoms with Gasteiger partial charge in [0.1, 0.15) is 18.2 Å². The minimum Gasteiger partial charge on any atom is -0.491 e. The van der Waals surface area contributed by atoms with Crippen LogP contribution in [0.3, 0.4) is 0 Å². The molecule has 0 saturated heterocycles. The molecule has 1 aliphatic rings. The summed E-state index contributed by atoms with van der Waals surface area (Å²) < 4.78 is 54.0. The van der Waals surface area contributed by atoms with Gasteiger partial charge in [-0.2, -0.15) is 13.2 Å². The number of nitrogens with one attached hydrogen (secondary N) is 1. The van der Waals surface area contributed by atoms with Gasteiger partial charge in [0.15, 0.2) is 0 Å². The van der Waals surface area contributed by atoms with Gasteiger partial charge in [-0.15, -0.1) is 0 Å². The third-order valence-electron chi connectivity index (χ3n) is 2.32. The lowest BCUT2D eigenvalue weighted by Gasteiger charge is -2.13. The molecule has 1 unspecified atom stereocenters. The Morgan fingerprint density at radius 2 is 2.12 bits per heavy atom. The number of halogens is 4. The van der Waals surface area contributed by atoms with Crippen LogP contribution in [0.5, 0.6) is 5.75 Å². The van der Waals surface area contributed by atoms with E-state index >= 15 is 0 Å². The Hall–Kier alpha value is -1.79. The van der Waals surface area contributed by atoms with Gasteiger partial charge in [0.25, 0.3) is 0 Å². The predicted octanol–water partition coefficient (Wildman–Crippen LogP) is 1.94. The van der Waals surface area contributed by atoms with E-state index in [-0.39, 0.29) is 17.9 Å². The summed E-state index contributed by atoms with van der Waals surface area (Å²) in [6.45, 7) is -0.138. The van der Waals surface area contributed by atoms with Crippen molar-refractivity contribution in [3.63, 3.8) is 0 Å². The summed E-state index contributed by atoms with van der Waals surface area (Å²) in [5.74, 6) is -2.39. The maximum atomic E-state index is 12.9. The number of rotatable bonds is 1. The molecule has 1 atom stereocenters. The molecule has 1 N–H and O–H groups in total. The average molecular weight is 249 g/mol. The molecule has 2 rings (SSSR count). The highest BCUT2D eigenvalue weighted by molar-refractivity contribution is 5.82. The van der Waals surface area contributed by atoms with E-state index in [0.717, 1.165) is 12.1 Å². The second-order valence-electron chi connectivity index (χ2n) is 3.52. The molecule has 1 aromatic rings. The van der Waals surface area contributed by atoms with Crippen LogP contribution < -0.4 is 10.1 Å². The molecule has 0 fully saturated rings. The first kappa shape index (κ1) is 11.7. The third kappa shape index (κ3) is 2.32. The Morgan fingerprint density at radius 1 is 1.41 bits per heavy atom. The van der Waals surface area contributed by atoms with Crippen molar-refractivity contribution in [3.05, 3.63) is 29.6 Å². The standard InChI is InChI=1S/C10H7F4NO2/c11-5-1-2-8-6(3-5)7(4-17-8)15-9(16)10(12,13)14/h1-3,7H,4H2,(H,15,16). The molecule has 0 bridgehead atoms. The summed E-state index contributed by atoms with van der Waals surface area (Å²) in [6, 6.07) is 2.51. The van der Waals surface area contributed by atoms with E-state index < -0.39 is 23.9 Å². The number of carbonyl (C=O) groups is 1. The highest BCUT2D eigenvalue weighted by Crippen LogP contribution is 2.33. The molecule has 0 saturated carbocycles. The molecule has 1 heterocycles. The number of fused-ring (bicyclic) bond motifs is 1. The Kier molecular flexibility index (Phi) is 2.68. The van der Waals surface area contributed by atoms with E-state index in [4.69, 9.17) is 4.74 Å². The second-order valence-corrected chi connectivity index (χ2v) is 3.52. The topological polar surface area (TPSA) is 38.3 Å². The van der Waals surface area contributed by atoms with Crippen LogP contribution in [-0.2, 0) is 4.79 Å². The molecule has 0 radical (unpaired) electrons. The van der Waals surface area contributed by atoms with Gasteiger partial charge in [-0.3, -0.25) is 4.79 Å². The summed E-state index contributed by atoms with van der Waals surface area (Å²) in [5, 5.41) is 1.75. The van der Waals surface area contributed by atoms with Crippen LogP contribution in [-0.4, -0.2) is 18.7 Å². The maximum Gasteiger partial charge on any atom is 0.471 e. The molecule has 92 valence electrons. The number of amides is 1. The van der Waals surface area contributed by atoms with E-state index in [2.05, 4.69) is 0 Å². The molecule has 1 aromatic carbocycles. The van der Waals surface area contributed by atoms with Gasteiger partial charge in [-0.25, -0.2) is 4.39 Å². The molecule has 1 amide bonds. The number of benzene rings is 1. The first-order valence-electron chi connectivity index (χ1n) is 4.68. The maximum absolute atomic E-state index is 12.9. The van der Waals surface area contributed by atoms with Crippen molar-refractivity contribution in [3.8, 4) is 5.75 Å². The average Bonchev–Trinajstić information content (AvgIpc) is 2.60. The quantitative estimate of drug-likeness (QED) is 0.772. The van der Waals surface area contributed by atoms with Crippen LogP contribution in [0.25, 0.3) is 0 Å². The van der Waals surface area contributed by atoms with Crippen molar-refractivity contribution in [2.75, 3.05) is 6.61 Å². The normalized spacial score (nSPS) is 18.5. The molecule has 7 heteroatoms. The number of hydrogen-bond donors (Lipinski definition) is 1. The first-order chi connectivity index (χ1) is 7.88. The summed E-state index contributed by atoms with van der Waals surface area (Å²) >= 11 is 0. The van der Waals surface area contributed by atoms with E-state index in [0.29, 0.717) is 0 Å². The molecule has 0 aromatic heterocycles. The van der Waals surface area contributed by atoms with Crippen LogP contribution in [0.2, 0.25) is 0 Å². The molecule has 1 aliphatic heterocycles. The van der Waals surface area contributed by atoms with E-state index in [1.165, 1.54) is 6.07 Å². The molecule has 17 heavy (non-hydrogen) atoms. The van der Waals surface area contributed by atoms with Crippen molar-refractivity contribution in [2.24, 2.45) is 0 Å². The minimum absolute atomic E-state index is 0.138. The van der Waals surface area contributed by atoms with Gasteiger partial charge in [0.05, 0.1) is 6.04 Å². The number of ether oxygens (including phenoxy) is 1. The molecular weight excluding hydrogens is 242 g/mol. The zero-order chi connectivity index (χ0) is 12.6. The van der Waals surface area contributed by atoms with Gasteiger partial charge >= 0.3 is 12.1 Å². The molecule has 0 spiro atoms. The summed E-state index contributed by atoms with van der Waals surface area (Å²) in [6.07, 6.45) is -4.96. The Bertz CT molecular complexity index is 458. The SMILES string of the molecule is O=C(NC1COc2ccc(F)cc21)C(F)(F)F. The van der Waals surface area contributed by atoms with Crippen LogP contribution in [0, 0.1) is 5.82 Å². The van der Waals surface area contributed by atoms with Crippen molar-refractivity contribution in [1.82, 2.24) is 5.32 Å². The van der Waals surface area contributed by atoms with Gasteiger partial charge in [0, 0.05) is 5.56 Å². The van der Waals surface area contributed by atoms with E-state index in [9.17, 15) is 22.4 Å². The Morgan fingerprint density at radius 3 is 2.76 bits per heavy atom. The van der Waals surface area contributed by atoms with Crippen LogP contribution in [0.1, 0.15) is 11.6 Å². The minimum atomic E-state index is -4.96. The Labute approximate surface area is 93.4 Å². The largest absolute Gasteiger partial charge is 0.491 e. The first-order valence-corrected chi connectivity index (χ1v) is 4.68. The third-order valence-corrected chi connectivity index (χ3v) is 2.32. The number of carbonyl (C=O) groups excluding carboxylic acids is 1. The molecule has 0 aliphatic carbocycles. The van der Waals surface area contributed by atoms with Crippen molar-refractivity contribution >= 4 is 5.91 Å². The van der Waals surface area contributed by atoms with E-state index in [1.807, 2.05) is 0 Å². The number of alkyl halides is 3. The van der Waals surface area contributed by atoms with Crippen LogP contribution in [0.15, 0.2) is 18.2 Å². The fourth-order valence-electron chi connectivity index (χ4n) is 1.55. The van der Waals surface area contributed by atoms with E-state index in [1.54, 1.807) is 5.32 Å². The predicted molar refractivity (Wildman–Crippen MR) is 48.8 cm³/mol. The van der Waals surface area contributed by atoms with Crippen LogP contribution in [0.4, 0.5) is 17.6 Å². The lowest BCUT2D eigenvalue weighted by molar-refractivity contribution is -0.174. The lowest BCUT2D eigenvalue weighted by atomic mass is 10.1. The van der Waals surface area contributed by atoms with Gasteiger partial charge in [-0.1, -0.05) is 0 Å². The van der Waals surface area contributed by atoms with Crippen LogP contribution >= 0.6 is 0 Å². The monoisotopic (exact) mass is 249 g/mol. The second kappa shape index (κ2) is 3.90. The summed E-state index contributed by atoms with van der Waals surface area (Å²) in [5.41, 5.74) is 0.211. The van der Waals surface area contributed by atoms with Gasteiger partial charge in [0.2, 0.25) is 0 Å². The number of hydrogen-bond acceptors (Lipinski definition) is 2. The smallest absolute Gasteiger partial charge is 0.471 e. The molecular formula is C10H7F4NO2. The fraction of sp³-hybridized carbons (Fsp3) is 0.300. The van der Waals surface area contributed by atoms with Crippen molar-refractivity contribution in [2.45, 2.75) is 12.2 Å². The zero-order valence-electron chi connectivity index (χ0n) is 8.34. The van der Waals surface area contributed by atoms with Gasteiger partial charge in [-0.05, 0) is 18.2 Å². The highest BCUT2D eigenvalue weighted by Gasteiger charge is 2.41. The fourth-order valence-corrected chi connectivity index (χ4v) is 1.55. The summed E-state index contributed by atoms with van der Waals surface area (Å²) in [7, 11) is 0. The zero-order valence-corrected chi connectivity index (χ0v) is 8.34. The van der Waals surface area contributed by atoms with Gasteiger partial charge < -0.3 is 10.1 Å². The molecule has 3 nitrogen and oxygen atoms in total. The summed E-state index contributed by atoms with van der Waals surface area (Å²) in [4.78, 5) is 10.7. The lowest BCUT2D eigenvalue weighted by Crippen LogP contribution is -2.39. The Balaban J connectivity index is 2.17. The highest BCUT2D eigenvalue weighted by atomic mass is 19.4. The van der Waals surface area contributed by atoms with Crippen molar-refractivity contribution in [1.29, 1.82) is 0 Å².